The van der Waals surface area contributed by atoms with Crippen LogP contribution in [0.3, 0.4) is 0 Å². The predicted octanol–water partition coefficient (Wildman–Crippen LogP) is 4.11. The summed E-state index contributed by atoms with van der Waals surface area (Å²) in [6.45, 7) is 0. The number of methoxy groups -OCH3 is 1. The second kappa shape index (κ2) is 7.15. The van der Waals surface area contributed by atoms with E-state index in [1.165, 1.54) is 6.07 Å². The highest BCUT2D eigenvalue weighted by molar-refractivity contribution is 7.99. The van der Waals surface area contributed by atoms with Crippen molar-refractivity contribution in [2.45, 2.75) is 23.8 Å². The highest BCUT2D eigenvalue weighted by atomic mass is 32.2. The van der Waals surface area contributed by atoms with Crippen molar-refractivity contribution in [3.05, 3.63) is 42.6 Å². The van der Waals surface area contributed by atoms with Crippen LogP contribution in [0.15, 0.2) is 41.7 Å². The molecule has 2 aromatic heterocycles. The Hall–Kier alpha value is -2.28. The zero-order valence-electron chi connectivity index (χ0n) is 14.8. The number of anilines is 1. The van der Waals surface area contributed by atoms with Crippen LogP contribution in [0.25, 0.3) is 11.0 Å². The van der Waals surface area contributed by atoms with Gasteiger partial charge >= 0.3 is 0 Å². The molecule has 0 amide bonds. The molecule has 1 fully saturated rings. The Morgan fingerprint density at radius 2 is 2.15 bits per heavy atom. The fourth-order valence-electron chi connectivity index (χ4n) is 3.40. The van der Waals surface area contributed by atoms with Gasteiger partial charge in [0.25, 0.3) is 0 Å². The van der Waals surface area contributed by atoms with Crippen molar-refractivity contribution >= 4 is 28.6 Å². The summed E-state index contributed by atoms with van der Waals surface area (Å²) in [6.07, 6.45) is 5.68. The standard InChI is InChI=1S/C19H21FN4OS/c1-24(19-15-5-6-21-18(15)22-11-23-19)13-7-12(8-13)10-26-17-4-3-14(25-2)9-16(17)20/h3-6,9,11-13H,7-8,10H2,1-2H3,(H,21,22,23). The van der Waals surface area contributed by atoms with Crippen molar-refractivity contribution in [2.75, 3.05) is 24.8 Å². The number of ether oxygens (including phenoxy) is 1. The number of thioether (sulfide) groups is 1. The molecular formula is C19H21FN4OS. The number of nitrogens with zero attached hydrogens (tertiary/aromatic N) is 3. The van der Waals surface area contributed by atoms with Gasteiger partial charge in [-0.2, -0.15) is 0 Å². The highest BCUT2D eigenvalue weighted by Gasteiger charge is 2.33. The van der Waals surface area contributed by atoms with Crippen LogP contribution >= 0.6 is 11.8 Å². The molecule has 2 heterocycles. The Kier molecular flexibility index (Phi) is 4.72. The van der Waals surface area contributed by atoms with E-state index in [4.69, 9.17) is 4.74 Å². The van der Waals surface area contributed by atoms with Crippen LogP contribution in [0.1, 0.15) is 12.8 Å². The van der Waals surface area contributed by atoms with Gasteiger partial charge in [0.2, 0.25) is 0 Å². The topological polar surface area (TPSA) is 54.0 Å². The number of rotatable bonds is 6. The van der Waals surface area contributed by atoms with Gasteiger partial charge in [-0.3, -0.25) is 0 Å². The van der Waals surface area contributed by atoms with E-state index in [1.807, 2.05) is 12.3 Å². The van der Waals surface area contributed by atoms with Gasteiger partial charge in [-0.25, -0.2) is 14.4 Å². The summed E-state index contributed by atoms with van der Waals surface area (Å²) < 4.78 is 19.1. The Balaban J connectivity index is 1.33. The third-order valence-electron chi connectivity index (χ3n) is 5.04. The number of aromatic amines is 1. The van der Waals surface area contributed by atoms with E-state index in [9.17, 15) is 4.39 Å². The maximum Gasteiger partial charge on any atom is 0.142 e. The van der Waals surface area contributed by atoms with Gasteiger partial charge in [-0.15, -0.1) is 11.8 Å². The first kappa shape index (κ1) is 17.1. The number of hydrogen-bond donors (Lipinski definition) is 1. The Morgan fingerprint density at radius 1 is 1.31 bits per heavy atom. The van der Waals surface area contributed by atoms with Crippen LogP contribution in [0, 0.1) is 11.7 Å². The van der Waals surface area contributed by atoms with Gasteiger partial charge in [0.15, 0.2) is 0 Å². The summed E-state index contributed by atoms with van der Waals surface area (Å²) >= 11 is 1.58. The SMILES string of the molecule is COc1ccc(SCC2CC(N(C)c3ncnc4[nH]ccc34)C2)c(F)c1. The number of nitrogens with one attached hydrogen (secondary N) is 1. The third-order valence-corrected chi connectivity index (χ3v) is 6.32. The molecule has 0 bridgehead atoms. The molecule has 0 radical (unpaired) electrons. The lowest BCUT2D eigenvalue weighted by Crippen LogP contribution is -2.43. The molecule has 0 aliphatic heterocycles. The quantitative estimate of drug-likeness (QED) is 0.660. The number of hydrogen-bond acceptors (Lipinski definition) is 5. The third kappa shape index (κ3) is 3.23. The summed E-state index contributed by atoms with van der Waals surface area (Å²) in [5.74, 6) is 2.83. The molecule has 1 aromatic carbocycles. The lowest BCUT2D eigenvalue weighted by Gasteiger charge is -2.41. The summed E-state index contributed by atoms with van der Waals surface area (Å²) in [4.78, 5) is 14.8. The van der Waals surface area contributed by atoms with Crippen LogP contribution < -0.4 is 9.64 Å². The van der Waals surface area contributed by atoms with E-state index in [1.54, 1.807) is 37.3 Å². The molecule has 1 aliphatic rings. The number of aromatic nitrogens is 3. The van der Waals surface area contributed by atoms with E-state index in [2.05, 4.69) is 26.9 Å². The lowest BCUT2D eigenvalue weighted by molar-refractivity contribution is 0.285. The van der Waals surface area contributed by atoms with E-state index in [0.717, 1.165) is 35.4 Å². The number of H-pyrrole nitrogens is 1. The number of benzene rings is 1. The average Bonchev–Trinajstić information content (AvgIpc) is 3.09. The maximum absolute atomic E-state index is 14.0. The molecule has 5 nitrogen and oxygen atoms in total. The van der Waals surface area contributed by atoms with Crippen molar-refractivity contribution in [1.29, 1.82) is 0 Å². The van der Waals surface area contributed by atoms with E-state index >= 15 is 0 Å². The van der Waals surface area contributed by atoms with Crippen molar-refractivity contribution in [1.82, 2.24) is 15.0 Å². The molecule has 1 saturated carbocycles. The molecule has 3 aromatic rings. The molecular weight excluding hydrogens is 351 g/mol. The second-order valence-corrected chi connectivity index (χ2v) is 7.71. The number of fused-ring (bicyclic) bond motifs is 1. The summed E-state index contributed by atoms with van der Waals surface area (Å²) in [7, 11) is 3.64. The molecule has 26 heavy (non-hydrogen) atoms. The van der Waals surface area contributed by atoms with Gasteiger partial charge in [0.1, 0.15) is 29.4 Å². The molecule has 0 spiro atoms. The zero-order valence-corrected chi connectivity index (χ0v) is 15.6. The first-order valence-corrected chi connectivity index (χ1v) is 9.61. The van der Waals surface area contributed by atoms with Crippen LogP contribution in [-0.2, 0) is 0 Å². The fourth-order valence-corrected chi connectivity index (χ4v) is 4.45. The molecule has 1 N–H and O–H groups in total. The Labute approximate surface area is 156 Å². The van der Waals surface area contributed by atoms with E-state index in [-0.39, 0.29) is 5.82 Å². The minimum Gasteiger partial charge on any atom is -0.497 e. The van der Waals surface area contributed by atoms with Gasteiger partial charge in [-0.05, 0) is 37.0 Å². The van der Waals surface area contributed by atoms with Crippen molar-refractivity contribution in [3.8, 4) is 5.75 Å². The molecule has 0 unspecified atom stereocenters. The lowest BCUT2D eigenvalue weighted by atomic mass is 9.81. The normalized spacial score (nSPS) is 19.3. The molecule has 4 rings (SSSR count). The van der Waals surface area contributed by atoms with E-state index < -0.39 is 0 Å². The predicted molar refractivity (Wildman–Crippen MR) is 102 cm³/mol. The van der Waals surface area contributed by atoms with Gasteiger partial charge in [0, 0.05) is 36.0 Å². The van der Waals surface area contributed by atoms with Crippen molar-refractivity contribution in [2.24, 2.45) is 5.92 Å². The minimum atomic E-state index is -0.210. The van der Waals surface area contributed by atoms with Crippen LogP contribution in [0.5, 0.6) is 5.75 Å². The maximum atomic E-state index is 14.0. The molecule has 0 saturated heterocycles. The van der Waals surface area contributed by atoms with E-state index in [0.29, 0.717) is 22.6 Å². The molecule has 7 heteroatoms. The smallest absolute Gasteiger partial charge is 0.142 e. The second-order valence-electron chi connectivity index (χ2n) is 6.65. The fraction of sp³-hybridized carbons (Fsp3) is 0.368. The summed E-state index contributed by atoms with van der Waals surface area (Å²) in [5, 5.41) is 1.05. The van der Waals surface area contributed by atoms with Crippen LogP contribution in [0.2, 0.25) is 0 Å². The molecule has 136 valence electrons. The van der Waals surface area contributed by atoms with Gasteiger partial charge in [-0.1, -0.05) is 0 Å². The van der Waals surface area contributed by atoms with Crippen LogP contribution in [0.4, 0.5) is 10.2 Å². The largest absolute Gasteiger partial charge is 0.497 e. The van der Waals surface area contributed by atoms with Gasteiger partial charge < -0.3 is 14.6 Å². The Bertz CT molecular complexity index is 909. The number of halogens is 1. The van der Waals surface area contributed by atoms with Crippen LogP contribution in [-0.4, -0.2) is 40.9 Å². The average molecular weight is 372 g/mol. The highest BCUT2D eigenvalue weighted by Crippen LogP contribution is 2.38. The van der Waals surface area contributed by atoms with Gasteiger partial charge in [0.05, 0.1) is 12.5 Å². The first-order chi connectivity index (χ1) is 12.7. The summed E-state index contributed by atoms with van der Waals surface area (Å²) in [5.41, 5.74) is 0.864. The zero-order chi connectivity index (χ0) is 18.1. The van der Waals surface area contributed by atoms with Crippen molar-refractivity contribution < 1.29 is 9.13 Å². The summed E-state index contributed by atoms with van der Waals surface area (Å²) in [6, 6.07) is 7.52. The first-order valence-electron chi connectivity index (χ1n) is 8.63. The Morgan fingerprint density at radius 3 is 2.92 bits per heavy atom. The monoisotopic (exact) mass is 372 g/mol. The molecule has 0 atom stereocenters. The molecule has 1 aliphatic carbocycles. The van der Waals surface area contributed by atoms with Crippen molar-refractivity contribution in [3.63, 3.8) is 0 Å². The minimum absolute atomic E-state index is 0.210.